The number of para-hydroxylation sites is 2. The number of nitrogens with zero attached hydrogens (tertiary/aromatic N) is 2. The highest BCUT2D eigenvalue weighted by atomic mass is 19.1. The zero-order chi connectivity index (χ0) is 31.0. The van der Waals surface area contributed by atoms with Crippen molar-refractivity contribution >= 4 is 60.8 Å². The molecule has 8 rings (SSSR count). The quantitative estimate of drug-likeness (QED) is 0.175. The zero-order valence-electron chi connectivity index (χ0n) is 25.1. The van der Waals surface area contributed by atoms with E-state index < -0.39 is 0 Å². The van der Waals surface area contributed by atoms with E-state index in [2.05, 4.69) is 94.7 Å². The third kappa shape index (κ3) is 4.89. The van der Waals surface area contributed by atoms with Crippen molar-refractivity contribution in [3.05, 3.63) is 175 Å². The number of rotatable bonds is 6. The summed E-state index contributed by atoms with van der Waals surface area (Å²) in [5.41, 5.74) is 5.99. The Bertz CT molecular complexity index is 2270. The number of hydrogen-bond donors (Lipinski definition) is 0. The van der Waals surface area contributed by atoms with Crippen LogP contribution in [0.1, 0.15) is 12.8 Å². The van der Waals surface area contributed by atoms with Gasteiger partial charge in [-0.05, 0) is 101 Å². The van der Waals surface area contributed by atoms with E-state index in [1.165, 1.54) is 12.1 Å². The Hall–Kier alpha value is -5.74. The molecule has 7 aromatic carbocycles. The van der Waals surface area contributed by atoms with Gasteiger partial charge in [-0.3, -0.25) is 0 Å². The molecule has 0 aliphatic heterocycles. The number of hydrogen-bond acceptors (Lipinski definition) is 2. The van der Waals surface area contributed by atoms with Crippen LogP contribution in [0.3, 0.4) is 0 Å². The van der Waals surface area contributed by atoms with E-state index in [1.807, 2.05) is 54.6 Å². The Kier molecular flexibility index (Phi) is 7.03. The second-order valence-electron chi connectivity index (χ2n) is 11.6. The van der Waals surface area contributed by atoms with Crippen LogP contribution >= 0.6 is 0 Å². The summed E-state index contributed by atoms with van der Waals surface area (Å²) in [6, 6.07) is 48.8. The number of benzene rings is 7. The maximum absolute atomic E-state index is 14.2. The lowest BCUT2D eigenvalue weighted by Crippen LogP contribution is -2.18. The summed E-state index contributed by atoms with van der Waals surface area (Å²) in [6.07, 6.45) is 4.48. The van der Waals surface area contributed by atoms with Gasteiger partial charge in [-0.2, -0.15) is 0 Å². The third-order valence-corrected chi connectivity index (χ3v) is 8.80. The predicted octanol–water partition coefficient (Wildman–Crippen LogP) is 12.4. The van der Waals surface area contributed by atoms with Gasteiger partial charge < -0.3 is 9.80 Å². The molecule has 1 aliphatic carbocycles. The van der Waals surface area contributed by atoms with Crippen molar-refractivity contribution in [1.82, 2.24) is 0 Å². The summed E-state index contributed by atoms with van der Waals surface area (Å²) in [5, 5.41) is 6.66. The first-order valence-electron chi connectivity index (χ1n) is 15.5. The maximum atomic E-state index is 14.2. The van der Waals surface area contributed by atoms with Crippen molar-refractivity contribution in [1.29, 1.82) is 0 Å². The highest BCUT2D eigenvalue weighted by molar-refractivity contribution is 6.24. The maximum Gasteiger partial charge on any atom is 0.123 e. The summed E-state index contributed by atoms with van der Waals surface area (Å²) < 4.78 is 28.3. The molecule has 0 heterocycles. The standard InChI is InChI=1S/C42H30F2N2/c43-29-19-23-33(24-20-29)45(31-11-3-1-4-12-31)41-27-39-36-16-8-10-18-38(36)42(28-40(39)35-15-7-9-17-37(35)41)46(32-13-5-2-6-14-32)34-25-21-30(44)22-26-34/h1-21,23-25,27-28H,22,26H2. The molecule has 0 aromatic heterocycles. The minimum absolute atomic E-state index is 0.0946. The van der Waals surface area contributed by atoms with Crippen LogP contribution in [0.15, 0.2) is 169 Å². The van der Waals surface area contributed by atoms with E-state index in [0.29, 0.717) is 12.8 Å². The minimum Gasteiger partial charge on any atom is -0.314 e. The van der Waals surface area contributed by atoms with Crippen LogP contribution in [-0.2, 0) is 0 Å². The summed E-state index contributed by atoms with van der Waals surface area (Å²) in [4.78, 5) is 4.48. The summed E-state index contributed by atoms with van der Waals surface area (Å²) in [7, 11) is 0. The Morgan fingerprint density at radius 3 is 1.37 bits per heavy atom. The molecule has 0 spiro atoms. The molecule has 0 amide bonds. The SMILES string of the molecule is FC1=CC=C(N(c2ccccc2)c2cc3c4ccccc4c(N(c4ccccc4)c4ccc(F)cc4)cc3c3ccccc23)CC1. The molecule has 0 atom stereocenters. The second-order valence-corrected chi connectivity index (χ2v) is 11.6. The van der Waals surface area contributed by atoms with Gasteiger partial charge in [0.05, 0.1) is 11.4 Å². The molecule has 7 aromatic rings. The molecular weight excluding hydrogens is 570 g/mol. The normalized spacial score (nSPS) is 13.1. The summed E-state index contributed by atoms with van der Waals surface area (Å²) >= 11 is 0. The molecule has 46 heavy (non-hydrogen) atoms. The van der Waals surface area contributed by atoms with E-state index in [1.54, 1.807) is 6.08 Å². The van der Waals surface area contributed by atoms with Crippen molar-refractivity contribution < 1.29 is 8.78 Å². The second kappa shape index (κ2) is 11.6. The van der Waals surface area contributed by atoms with Crippen molar-refractivity contribution in [3.63, 3.8) is 0 Å². The fraction of sp³-hybridized carbons (Fsp3) is 0.0476. The van der Waals surface area contributed by atoms with E-state index in [4.69, 9.17) is 0 Å². The molecule has 0 fully saturated rings. The van der Waals surface area contributed by atoms with Crippen LogP contribution in [0.2, 0.25) is 0 Å². The number of fused-ring (bicyclic) bond motifs is 5. The molecule has 4 heteroatoms. The van der Waals surface area contributed by atoms with Crippen LogP contribution in [0, 0.1) is 5.82 Å². The van der Waals surface area contributed by atoms with Gasteiger partial charge in [-0.15, -0.1) is 0 Å². The van der Waals surface area contributed by atoms with Crippen LogP contribution in [0.25, 0.3) is 32.3 Å². The first-order chi connectivity index (χ1) is 22.7. The number of allylic oxidation sites excluding steroid dienone is 4. The lowest BCUT2D eigenvalue weighted by molar-refractivity contribution is 0.580. The molecule has 0 saturated carbocycles. The monoisotopic (exact) mass is 600 g/mol. The molecule has 0 bridgehead atoms. The third-order valence-electron chi connectivity index (χ3n) is 8.80. The van der Waals surface area contributed by atoms with Crippen molar-refractivity contribution in [2.75, 3.05) is 9.80 Å². The van der Waals surface area contributed by atoms with E-state index in [0.717, 1.165) is 66.5 Å². The van der Waals surface area contributed by atoms with Crippen molar-refractivity contribution in [3.8, 4) is 0 Å². The van der Waals surface area contributed by atoms with E-state index in [-0.39, 0.29) is 11.6 Å². The lowest BCUT2D eigenvalue weighted by Gasteiger charge is -2.31. The summed E-state index contributed by atoms with van der Waals surface area (Å²) in [6.45, 7) is 0. The average Bonchev–Trinajstić information content (AvgIpc) is 3.11. The van der Waals surface area contributed by atoms with Crippen LogP contribution in [-0.4, -0.2) is 0 Å². The van der Waals surface area contributed by atoms with Gasteiger partial charge in [0.2, 0.25) is 0 Å². The first-order valence-corrected chi connectivity index (χ1v) is 15.5. The first kappa shape index (κ1) is 27.8. The number of halogens is 2. The van der Waals surface area contributed by atoms with Gasteiger partial charge in [-0.25, -0.2) is 8.78 Å². The fourth-order valence-corrected chi connectivity index (χ4v) is 6.70. The molecule has 0 unspecified atom stereocenters. The van der Waals surface area contributed by atoms with Crippen molar-refractivity contribution in [2.24, 2.45) is 0 Å². The Morgan fingerprint density at radius 1 is 0.391 bits per heavy atom. The van der Waals surface area contributed by atoms with E-state index >= 15 is 0 Å². The largest absolute Gasteiger partial charge is 0.314 e. The molecule has 0 radical (unpaired) electrons. The molecule has 0 saturated heterocycles. The van der Waals surface area contributed by atoms with Crippen LogP contribution < -0.4 is 9.80 Å². The van der Waals surface area contributed by atoms with E-state index in [9.17, 15) is 8.78 Å². The van der Waals surface area contributed by atoms with Gasteiger partial charge >= 0.3 is 0 Å². The van der Waals surface area contributed by atoms with Gasteiger partial charge in [0.15, 0.2) is 0 Å². The molecule has 0 N–H and O–H groups in total. The Labute approximate surface area is 266 Å². The predicted molar refractivity (Wildman–Crippen MR) is 189 cm³/mol. The fourth-order valence-electron chi connectivity index (χ4n) is 6.70. The van der Waals surface area contributed by atoms with Crippen LogP contribution in [0.5, 0.6) is 0 Å². The van der Waals surface area contributed by atoms with Crippen molar-refractivity contribution in [2.45, 2.75) is 12.8 Å². The topological polar surface area (TPSA) is 6.48 Å². The minimum atomic E-state index is -0.270. The Balaban J connectivity index is 1.45. The highest BCUT2D eigenvalue weighted by Gasteiger charge is 2.23. The Morgan fingerprint density at radius 2 is 0.848 bits per heavy atom. The highest BCUT2D eigenvalue weighted by Crippen LogP contribution is 2.47. The van der Waals surface area contributed by atoms with Gasteiger partial charge in [-0.1, -0.05) is 84.9 Å². The zero-order valence-corrected chi connectivity index (χ0v) is 25.1. The summed E-state index contributed by atoms with van der Waals surface area (Å²) in [5.74, 6) is -0.365. The van der Waals surface area contributed by atoms with Crippen LogP contribution in [0.4, 0.5) is 37.2 Å². The van der Waals surface area contributed by atoms with Gasteiger partial charge in [0.25, 0.3) is 0 Å². The lowest BCUT2D eigenvalue weighted by atomic mass is 9.93. The molecule has 222 valence electrons. The molecule has 2 nitrogen and oxygen atoms in total. The molecular formula is C42H30F2N2. The van der Waals surface area contributed by atoms with Gasteiger partial charge in [0.1, 0.15) is 11.6 Å². The smallest absolute Gasteiger partial charge is 0.123 e. The molecule has 1 aliphatic rings. The van der Waals surface area contributed by atoms with Gasteiger partial charge in [0, 0.05) is 40.0 Å². The average molecular weight is 601 g/mol. The number of anilines is 5.